The quantitative estimate of drug-likeness (QED) is 0.861. The average Bonchev–Trinajstić information content (AvgIpc) is 2.57. The van der Waals surface area contributed by atoms with Gasteiger partial charge in [-0.15, -0.1) is 0 Å². The summed E-state index contributed by atoms with van der Waals surface area (Å²) in [7, 11) is 0. The van der Waals surface area contributed by atoms with Crippen molar-refractivity contribution in [1.82, 2.24) is 9.88 Å². The van der Waals surface area contributed by atoms with Gasteiger partial charge in [0, 0.05) is 37.7 Å². The fraction of sp³-hybridized carbons (Fsp3) is 0.450. The van der Waals surface area contributed by atoms with E-state index in [-0.39, 0.29) is 11.8 Å². The predicted molar refractivity (Wildman–Crippen MR) is 95.7 cm³/mol. The summed E-state index contributed by atoms with van der Waals surface area (Å²) in [5, 5.41) is 12.1. The van der Waals surface area contributed by atoms with Gasteiger partial charge >= 0.3 is 0 Å². The third kappa shape index (κ3) is 2.85. The van der Waals surface area contributed by atoms with E-state index >= 15 is 0 Å². The summed E-state index contributed by atoms with van der Waals surface area (Å²) in [4.78, 5) is 6.58. The summed E-state index contributed by atoms with van der Waals surface area (Å²) in [5.41, 5.74) is 1.52. The number of likely N-dealkylation sites (tertiary alicyclic amines) is 1. The summed E-state index contributed by atoms with van der Waals surface area (Å²) < 4.78 is 0. The lowest BCUT2D eigenvalue weighted by molar-refractivity contribution is -0.148. The smallest absolute Gasteiger partial charge is 0.129 e. The van der Waals surface area contributed by atoms with E-state index < -0.39 is 5.60 Å². The van der Waals surface area contributed by atoms with Crippen LogP contribution < -0.4 is 0 Å². The van der Waals surface area contributed by atoms with E-state index in [4.69, 9.17) is 11.6 Å². The van der Waals surface area contributed by atoms with Crippen LogP contribution in [0.5, 0.6) is 0 Å². The molecule has 4 rings (SSSR count). The van der Waals surface area contributed by atoms with Crippen LogP contribution in [0.1, 0.15) is 30.4 Å². The Kier molecular flexibility index (Phi) is 4.33. The summed E-state index contributed by atoms with van der Waals surface area (Å²) >= 11 is 6.09. The number of rotatable bonds is 3. The van der Waals surface area contributed by atoms with E-state index in [1.54, 1.807) is 6.20 Å². The number of aliphatic hydroxyl groups is 1. The van der Waals surface area contributed by atoms with Crippen molar-refractivity contribution in [2.45, 2.75) is 31.4 Å². The Morgan fingerprint density at radius 3 is 2.50 bits per heavy atom. The third-order valence-electron chi connectivity index (χ3n) is 5.75. The number of hydrogen-bond donors (Lipinski definition) is 1. The lowest BCUT2D eigenvalue weighted by atomic mass is 9.62. The molecule has 1 aromatic carbocycles. The Hall–Kier alpha value is -1.42. The number of piperidine rings is 1. The summed E-state index contributed by atoms with van der Waals surface area (Å²) in [6, 6.07) is 14.4. The lowest BCUT2D eigenvalue weighted by Gasteiger charge is -2.53. The molecule has 1 aliphatic carbocycles. The van der Waals surface area contributed by atoms with Crippen LogP contribution >= 0.6 is 11.6 Å². The molecule has 4 heteroatoms. The molecule has 1 unspecified atom stereocenters. The SMILES string of the molecule is OC1(c2ccnc(Cl)c2)[C@@H]2CCC[C@H]1CN(Cc1ccccc1)C2. The molecular weight excluding hydrogens is 320 g/mol. The molecule has 1 saturated heterocycles. The Bertz CT molecular complexity index is 692. The van der Waals surface area contributed by atoms with Crippen molar-refractivity contribution < 1.29 is 5.11 Å². The minimum absolute atomic E-state index is 0.257. The maximum absolute atomic E-state index is 11.6. The molecular formula is C20H23ClN2O. The first-order valence-corrected chi connectivity index (χ1v) is 9.14. The van der Waals surface area contributed by atoms with Gasteiger partial charge in [-0.2, -0.15) is 0 Å². The molecule has 2 bridgehead atoms. The predicted octanol–water partition coefficient (Wildman–Crippen LogP) is 3.85. The summed E-state index contributed by atoms with van der Waals surface area (Å²) in [5.74, 6) is 0.513. The van der Waals surface area contributed by atoms with Crippen molar-refractivity contribution in [2.75, 3.05) is 13.1 Å². The number of fused-ring (bicyclic) bond motifs is 2. The highest BCUT2D eigenvalue weighted by atomic mass is 35.5. The minimum atomic E-state index is -0.766. The van der Waals surface area contributed by atoms with Gasteiger partial charge in [0.15, 0.2) is 0 Å². The van der Waals surface area contributed by atoms with Crippen LogP contribution in [0.3, 0.4) is 0 Å². The molecule has 126 valence electrons. The standard InChI is InChI=1S/C20H23ClN2O/c21-19-11-16(9-10-22-19)20(24)17-7-4-8-18(20)14-23(13-17)12-15-5-2-1-3-6-15/h1-3,5-6,9-11,17-18,24H,4,7-8,12-14H2/t17-,18+,20?. The van der Waals surface area contributed by atoms with E-state index in [0.29, 0.717) is 5.15 Å². The van der Waals surface area contributed by atoms with Crippen LogP contribution in [-0.2, 0) is 12.1 Å². The van der Waals surface area contributed by atoms with Gasteiger partial charge < -0.3 is 5.11 Å². The first kappa shape index (κ1) is 16.1. The number of pyridine rings is 1. The van der Waals surface area contributed by atoms with E-state index in [1.165, 1.54) is 12.0 Å². The van der Waals surface area contributed by atoms with Crippen molar-refractivity contribution in [3.8, 4) is 0 Å². The Morgan fingerprint density at radius 2 is 1.83 bits per heavy atom. The molecule has 0 amide bonds. The average molecular weight is 343 g/mol. The highest BCUT2D eigenvalue weighted by molar-refractivity contribution is 6.29. The van der Waals surface area contributed by atoms with Crippen LogP contribution in [0.4, 0.5) is 0 Å². The largest absolute Gasteiger partial charge is 0.384 e. The molecule has 0 radical (unpaired) electrons. The van der Waals surface area contributed by atoms with Gasteiger partial charge in [-0.05, 0) is 36.1 Å². The van der Waals surface area contributed by atoms with Crippen LogP contribution in [0.25, 0.3) is 0 Å². The van der Waals surface area contributed by atoms with Crippen LogP contribution in [0, 0.1) is 11.8 Å². The van der Waals surface area contributed by atoms with E-state index in [0.717, 1.165) is 38.0 Å². The first-order chi connectivity index (χ1) is 11.7. The van der Waals surface area contributed by atoms with Gasteiger partial charge in [-0.25, -0.2) is 4.98 Å². The monoisotopic (exact) mass is 342 g/mol. The second-order valence-corrected chi connectivity index (χ2v) is 7.58. The summed E-state index contributed by atoms with van der Waals surface area (Å²) in [6.45, 7) is 2.82. The fourth-order valence-electron chi connectivity index (χ4n) is 4.64. The molecule has 2 aliphatic rings. The van der Waals surface area contributed by atoms with Gasteiger partial charge in [0.1, 0.15) is 5.15 Å². The second-order valence-electron chi connectivity index (χ2n) is 7.20. The Morgan fingerprint density at radius 1 is 1.12 bits per heavy atom. The molecule has 24 heavy (non-hydrogen) atoms. The maximum Gasteiger partial charge on any atom is 0.129 e. The zero-order chi connectivity index (χ0) is 16.6. The number of benzene rings is 1. The zero-order valence-electron chi connectivity index (χ0n) is 13.7. The van der Waals surface area contributed by atoms with Crippen molar-refractivity contribution in [2.24, 2.45) is 11.8 Å². The van der Waals surface area contributed by atoms with Gasteiger partial charge in [-0.1, -0.05) is 48.4 Å². The van der Waals surface area contributed by atoms with E-state index in [2.05, 4.69) is 40.2 Å². The van der Waals surface area contributed by atoms with Crippen molar-refractivity contribution in [1.29, 1.82) is 0 Å². The molecule has 1 aliphatic heterocycles. The van der Waals surface area contributed by atoms with Gasteiger partial charge in [0.2, 0.25) is 0 Å². The fourth-order valence-corrected chi connectivity index (χ4v) is 4.81. The van der Waals surface area contributed by atoms with Crippen LogP contribution in [0.2, 0.25) is 5.15 Å². The maximum atomic E-state index is 11.6. The Labute approximate surface area is 148 Å². The van der Waals surface area contributed by atoms with E-state index in [1.807, 2.05) is 12.1 Å². The van der Waals surface area contributed by atoms with Gasteiger partial charge in [0.05, 0.1) is 5.60 Å². The summed E-state index contributed by atoms with van der Waals surface area (Å²) in [6.07, 6.45) is 5.05. The normalized spacial score (nSPS) is 30.2. The lowest BCUT2D eigenvalue weighted by Crippen LogP contribution is -2.57. The van der Waals surface area contributed by atoms with Gasteiger partial charge in [-0.3, -0.25) is 4.90 Å². The number of halogens is 1. The second kappa shape index (κ2) is 6.47. The van der Waals surface area contributed by atoms with Gasteiger partial charge in [0.25, 0.3) is 0 Å². The minimum Gasteiger partial charge on any atom is -0.384 e. The number of nitrogens with zero attached hydrogens (tertiary/aromatic N) is 2. The Balaban J connectivity index is 1.59. The molecule has 0 spiro atoms. The van der Waals surface area contributed by atoms with E-state index in [9.17, 15) is 5.11 Å². The number of hydrogen-bond acceptors (Lipinski definition) is 3. The molecule has 2 aromatic rings. The third-order valence-corrected chi connectivity index (χ3v) is 5.95. The molecule has 3 nitrogen and oxygen atoms in total. The van der Waals surface area contributed by atoms with Crippen LogP contribution in [0.15, 0.2) is 48.7 Å². The van der Waals surface area contributed by atoms with Crippen LogP contribution in [-0.4, -0.2) is 28.1 Å². The highest BCUT2D eigenvalue weighted by Gasteiger charge is 2.51. The number of aromatic nitrogens is 1. The molecule has 1 saturated carbocycles. The van der Waals surface area contributed by atoms with Crippen molar-refractivity contribution in [3.63, 3.8) is 0 Å². The molecule has 1 aromatic heterocycles. The zero-order valence-corrected chi connectivity index (χ0v) is 14.5. The van der Waals surface area contributed by atoms with Crippen molar-refractivity contribution >= 4 is 11.6 Å². The topological polar surface area (TPSA) is 36.4 Å². The first-order valence-electron chi connectivity index (χ1n) is 8.77. The molecule has 1 N–H and O–H groups in total. The van der Waals surface area contributed by atoms with Crippen molar-refractivity contribution in [3.05, 3.63) is 64.9 Å². The molecule has 2 fully saturated rings. The molecule has 2 heterocycles. The highest BCUT2D eigenvalue weighted by Crippen LogP contribution is 2.49. The molecule has 3 atom stereocenters.